The van der Waals surface area contributed by atoms with Crippen LogP contribution >= 0.6 is 0 Å². The number of aliphatic hydroxyl groups is 1. The average Bonchev–Trinajstić information content (AvgIpc) is 3.82. The van der Waals surface area contributed by atoms with E-state index in [4.69, 9.17) is 0 Å². The minimum absolute atomic E-state index is 0.0119. The molecule has 0 aromatic heterocycles. The molecule has 16 nitrogen and oxygen atoms in total. The SMILES string of the molecule is CC(C)C[C@@H]1NC(=O)[C@@H]2CCC[C@H]2NC(=O)[C@H](C)NC(=O)C2C[C@@H](NC(=O)CCC3CCN(C)CC3)CN2C(=O)[C@H](Cc2ccccc2)NC(=O)[C@H]([C@@H](C)O)NC1=O. The lowest BCUT2D eigenvalue weighted by molar-refractivity contribution is -0.143. The minimum atomic E-state index is -1.50. The Morgan fingerprint density at radius 1 is 0.828 bits per heavy atom. The standard InChI is InChI=1S/C42H64N8O8/c1-24(2)20-32-39(55)48-36(26(4)51)41(57)47-33(21-28-10-7-6-8-11-28)42(58)50-23-29(44-35(52)15-14-27-16-18-49(5)19-17-27)22-34(50)40(56)43-25(3)37(53)45-31-13-9-12-30(31)38(54)46-32/h6-8,10-11,24-27,29-34,36,51H,9,12-23H2,1-5H3,(H,43,56)(H,44,52)(H,45,53)(H,46,54)(H,47,57)(H,48,55)/t25-,26+,29+,30+,31+,32-,33-,34?,36-/m0/s1. The van der Waals surface area contributed by atoms with Crippen LogP contribution in [0.3, 0.4) is 0 Å². The van der Waals surface area contributed by atoms with E-state index < -0.39 is 89.8 Å². The number of hydrogen-bond acceptors (Lipinski definition) is 9. The molecule has 0 bridgehead atoms. The van der Waals surface area contributed by atoms with Crippen LogP contribution in [0.25, 0.3) is 0 Å². The van der Waals surface area contributed by atoms with Gasteiger partial charge >= 0.3 is 0 Å². The largest absolute Gasteiger partial charge is 0.391 e. The van der Waals surface area contributed by atoms with Crippen LogP contribution in [0.4, 0.5) is 0 Å². The van der Waals surface area contributed by atoms with Crippen molar-refractivity contribution in [1.82, 2.24) is 41.7 Å². The van der Waals surface area contributed by atoms with Crippen molar-refractivity contribution in [2.45, 2.75) is 140 Å². The fourth-order valence-corrected chi connectivity index (χ4v) is 8.70. The van der Waals surface area contributed by atoms with Crippen molar-refractivity contribution < 1.29 is 38.7 Å². The quantitative estimate of drug-likeness (QED) is 0.180. The number of piperidine rings is 1. The number of nitrogens with one attached hydrogen (secondary N) is 6. The van der Waals surface area contributed by atoms with E-state index in [1.807, 2.05) is 19.9 Å². The Morgan fingerprint density at radius 3 is 2.19 bits per heavy atom. The van der Waals surface area contributed by atoms with E-state index in [1.54, 1.807) is 24.3 Å². The molecule has 0 radical (unpaired) electrons. The van der Waals surface area contributed by atoms with E-state index in [2.05, 4.69) is 43.8 Å². The Labute approximate surface area is 341 Å². The van der Waals surface area contributed by atoms with Gasteiger partial charge in [0.25, 0.3) is 0 Å². The summed E-state index contributed by atoms with van der Waals surface area (Å²) in [6.45, 7) is 8.60. The summed E-state index contributed by atoms with van der Waals surface area (Å²) in [5, 5.41) is 27.8. The third-order valence-electron chi connectivity index (χ3n) is 12.1. The Balaban J connectivity index is 1.45. The van der Waals surface area contributed by atoms with Crippen LogP contribution in [0.5, 0.6) is 0 Å². The monoisotopic (exact) mass is 808 g/mol. The van der Waals surface area contributed by atoms with Gasteiger partial charge in [0.2, 0.25) is 41.4 Å². The highest BCUT2D eigenvalue weighted by molar-refractivity contribution is 5.97. The minimum Gasteiger partial charge on any atom is -0.391 e. The van der Waals surface area contributed by atoms with Gasteiger partial charge in [0, 0.05) is 31.5 Å². The zero-order chi connectivity index (χ0) is 42.1. The highest BCUT2D eigenvalue weighted by atomic mass is 16.3. The molecule has 3 aliphatic heterocycles. The van der Waals surface area contributed by atoms with Crippen molar-refractivity contribution >= 4 is 41.4 Å². The van der Waals surface area contributed by atoms with Crippen LogP contribution in [0.2, 0.25) is 0 Å². The van der Waals surface area contributed by atoms with Crippen LogP contribution in [-0.2, 0) is 40.0 Å². The van der Waals surface area contributed by atoms with Gasteiger partial charge in [-0.2, -0.15) is 0 Å². The van der Waals surface area contributed by atoms with Gasteiger partial charge in [-0.3, -0.25) is 33.6 Å². The van der Waals surface area contributed by atoms with Crippen molar-refractivity contribution in [2.24, 2.45) is 17.8 Å². The number of nitrogens with zero attached hydrogens (tertiary/aromatic N) is 2. The number of carbonyl (C=O) groups is 7. The van der Waals surface area contributed by atoms with E-state index >= 15 is 0 Å². The maximum absolute atomic E-state index is 14.7. The predicted octanol–water partition coefficient (Wildman–Crippen LogP) is 0.121. The zero-order valence-electron chi connectivity index (χ0n) is 34.6. The first kappa shape index (κ1) is 44.5. The van der Waals surface area contributed by atoms with Gasteiger partial charge in [-0.1, -0.05) is 50.6 Å². The fourth-order valence-electron chi connectivity index (χ4n) is 8.70. The third-order valence-corrected chi connectivity index (χ3v) is 12.1. The van der Waals surface area contributed by atoms with Crippen molar-refractivity contribution in [3.05, 3.63) is 35.9 Å². The third kappa shape index (κ3) is 12.0. The first-order valence-electron chi connectivity index (χ1n) is 21.1. The number of hydrogen-bond donors (Lipinski definition) is 7. The summed E-state index contributed by atoms with van der Waals surface area (Å²) in [5.74, 6) is -4.06. The number of rotatable bonds is 9. The number of aliphatic hydroxyl groups excluding tert-OH is 1. The number of fused-ring (bicyclic) bond motifs is 2. The summed E-state index contributed by atoms with van der Waals surface area (Å²) in [7, 11) is 2.09. The Morgan fingerprint density at radius 2 is 1.52 bits per heavy atom. The van der Waals surface area contributed by atoms with Crippen LogP contribution in [0, 0.1) is 17.8 Å². The molecule has 9 atom stereocenters. The van der Waals surface area contributed by atoms with Gasteiger partial charge in [-0.05, 0) is 96.3 Å². The van der Waals surface area contributed by atoms with Gasteiger partial charge in [0.15, 0.2) is 0 Å². The molecule has 3 saturated heterocycles. The molecule has 4 aliphatic rings. The second-order valence-electron chi connectivity index (χ2n) is 17.3. The summed E-state index contributed by atoms with van der Waals surface area (Å²) < 4.78 is 0. The Kier molecular flexibility index (Phi) is 15.7. The average molecular weight is 809 g/mol. The highest BCUT2D eigenvalue weighted by Gasteiger charge is 2.45. The smallest absolute Gasteiger partial charge is 0.246 e. The fraction of sp³-hybridized carbons (Fsp3) is 0.690. The number of likely N-dealkylation sites (tertiary alicyclic amines) is 1. The molecule has 1 aliphatic carbocycles. The van der Waals surface area contributed by atoms with Gasteiger partial charge in [-0.15, -0.1) is 0 Å². The van der Waals surface area contributed by atoms with E-state index in [0.29, 0.717) is 37.2 Å². The van der Waals surface area contributed by atoms with E-state index in [-0.39, 0.29) is 37.6 Å². The highest BCUT2D eigenvalue weighted by Crippen LogP contribution is 2.27. The molecule has 0 spiro atoms. The second kappa shape index (κ2) is 20.4. The molecule has 1 aromatic rings. The van der Waals surface area contributed by atoms with E-state index in [0.717, 1.165) is 32.4 Å². The van der Waals surface area contributed by atoms with Crippen molar-refractivity contribution in [3.8, 4) is 0 Å². The second-order valence-corrected chi connectivity index (χ2v) is 17.3. The molecular weight excluding hydrogens is 745 g/mol. The first-order valence-corrected chi connectivity index (χ1v) is 21.1. The molecule has 16 heteroatoms. The topological polar surface area (TPSA) is 218 Å². The maximum Gasteiger partial charge on any atom is 0.246 e. The van der Waals surface area contributed by atoms with E-state index in [9.17, 15) is 38.7 Å². The molecule has 4 fully saturated rings. The van der Waals surface area contributed by atoms with Gasteiger partial charge in [0.05, 0.1) is 12.0 Å². The molecule has 3 heterocycles. The van der Waals surface area contributed by atoms with Crippen molar-refractivity contribution in [2.75, 3.05) is 26.7 Å². The number of benzene rings is 1. The summed E-state index contributed by atoms with van der Waals surface area (Å²) in [6.07, 6.45) is 3.66. The summed E-state index contributed by atoms with van der Waals surface area (Å²) in [6, 6.07) is 1.89. The lowest BCUT2D eigenvalue weighted by Crippen LogP contribution is -2.61. The van der Waals surface area contributed by atoms with Crippen LogP contribution in [0.15, 0.2) is 30.3 Å². The summed E-state index contributed by atoms with van der Waals surface area (Å²) >= 11 is 0. The molecule has 1 saturated carbocycles. The summed E-state index contributed by atoms with van der Waals surface area (Å²) in [5.41, 5.74) is 0.701. The predicted molar refractivity (Wildman–Crippen MR) is 215 cm³/mol. The van der Waals surface area contributed by atoms with Gasteiger partial charge in [0.1, 0.15) is 30.2 Å². The molecule has 5 rings (SSSR count). The molecule has 320 valence electrons. The van der Waals surface area contributed by atoms with Crippen molar-refractivity contribution in [1.29, 1.82) is 0 Å². The Hall–Kier alpha value is -4.57. The van der Waals surface area contributed by atoms with Crippen LogP contribution in [-0.4, -0.2) is 131 Å². The lowest BCUT2D eigenvalue weighted by Gasteiger charge is -2.31. The summed E-state index contributed by atoms with van der Waals surface area (Å²) in [4.78, 5) is 101. The van der Waals surface area contributed by atoms with Crippen LogP contribution < -0.4 is 31.9 Å². The molecule has 1 aromatic carbocycles. The molecule has 7 N–H and O–H groups in total. The maximum atomic E-state index is 14.7. The molecule has 7 amide bonds. The van der Waals surface area contributed by atoms with Crippen LogP contribution in [0.1, 0.15) is 91.0 Å². The van der Waals surface area contributed by atoms with Crippen molar-refractivity contribution in [3.63, 3.8) is 0 Å². The molecule has 1 unspecified atom stereocenters. The Bertz CT molecular complexity index is 1630. The lowest BCUT2D eigenvalue weighted by atomic mass is 9.92. The number of carbonyl (C=O) groups excluding carboxylic acids is 7. The number of amides is 7. The van der Waals surface area contributed by atoms with Gasteiger partial charge < -0.3 is 46.8 Å². The zero-order valence-corrected chi connectivity index (χ0v) is 34.6. The molecular formula is C42H64N8O8. The molecule has 58 heavy (non-hydrogen) atoms. The van der Waals surface area contributed by atoms with E-state index in [1.165, 1.54) is 18.7 Å². The van der Waals surface area contributed by atoms with Gasteiger partial charge in [-0.25, -0.2) is 0 Å². The first-order chi connectivity index (χ1) is 27.6. The normalized spacial score (nSPS) is 30.4.